The maximum atomic E-state index is 11.7. The molecule has 0 unspecified atom stereocenters. The molecule has 1 saturated carbocycles. The number of hydrogen-bond acceptors (Lipinski definition) is 7. The van der Waals surface area contributed by atoms with Crippen molar-refractivity contribution >= 4 is 23.6 Å². The first-order valence-electron chi connectivity index (χ1n) is 7.87. The second-order valence-electron chi connectivity index (χ2n) is 5.42. The molecule has 1 amide bonds. The number of carbonyl (C=O) groups excluding carboxylic acids is 2. The highest BCUT2D eigenvalue weighted by Crippen LogP contribution is 2.32. The van der Waals surface area contributed by atoms with E-state index >= 15 is 0 Å². The van der Waals surface area contributed by atoms with E-state index in [4.69, 9.17) is 10.6 Å². The summed E-state index contributed by atoms with van der Waals surface area (Å²) in [5.41, 5.74) is 0. The minimum atomic E-state index is -0.451. The van der Waals surface area contributed by atoms with Gasteiger partial charge in [-0.1, -0.05) is 31.0 Å². The molecule has 1 aliphatic carbocycles. The Labute approximate surface area is 139 Å². The number of nitrogen functional groups attached to an aromatic ring is 1. The summed E-state index contributed by atoms with van der Waals surface area (Å²) < 4.78 is 6.22. The smallest absolute Gasteiger partial charge is 0.325 e. The van der Waals surface area contributed by atoms with E-state index in [-0.39, 0.29) is 18.2 Å². The summed E-state index contributed by atoms with van der Waals surface area (Å²) in [5, 5.41) is 11.2. The van der Waals surface area contributed by atoms with Crippen LogP contribution in [0.4, 0.5) is 0 Å². The molecule has 0 bridgehead atoms. The van der Waals surface area contributed by atoms with Gasteiger partial charge in [-0.3, -0.25) is 9.59 Å². The number of carbonyl (C=O) groups is 2. The fourth-order valence-electron chi connectivity index (χ4n) is 2.59. The maximum Gasteiger partial charge on any atom is 0.325 e. The number of amides is 1. The van der Waals surface area contributed by atoms with Gasteiger partial charge in [-0.05, 0) is 19.8 Å². The molecule has 0 atom stereocenters. The van der Waals surface area contributed by atoms with E-state index in [1.54, 1.807) is 6.92 Å². The second-order valence-corrected chi connectivity index (χ2v) is 6.36. The Kier molecular flexibility index (Phi) is 6.69. The number of aromatic nitrogens is 3. The fourth-order valence-corrected chi connectivity index (χ4v) is 3.28. The Balaban J connectivity index is 1.80. The first-order chi connectivity index (χ1) is 11.1. The molecule has 0 aromatic carbocycles. The van der Waals surface area contributed by atoms with Crippen LogP contribution in [-0.2, 0) is 14.3 Å². The van der Waals surface area contributed by atoms with Gasteiger partial charge in [0.2, 0.25) is 11.1 Å². The van der Waals surface area contributed by atoms with Crippen molar-refractivity contribution in [3.05, 3.63) is 5.82 Å². The molecule has 0 saturated heterocycles. The normalized spacial score (nSPS) is 15.3. The molecule has 23 heavy (non-hydrogen) atoms. The number of nitrogens with zero attached hydrogens (tertiary/aromatic N) is 3. The minimum absolute atomic E-state index is 0.124. The third kappa shape index (κ3) is 5.12. The van der Waals surface area contributed by atoms with Crippen LogP contribution in [0.1, 0.15) is 50.8 Å². The van der Waals surface area contributed by atoms with Crippen LogP contribution in [0.5, 0.6) is 0 Å². The van der Waals surface area contributed by atoms with E-state index < -0.39 is 5.97 Å². The number of rotatable bonds is 7. The quantitative estimate of drug-likeness (QED) is 0.429. The van der Waals surface area contributed by atoms with Gasteiger partial charge < -0.3 is 15.9 Å². The van der Waals surface area contributed by atoms with Crippen molar-refractivity contribution in [3.8, 4) is 0 Å². The van der Waals surface area contributed by atoms with E-state index in [1.807, 2.05) is 0 Å². The first kappa shape index (κ1) is 17.6. The average Bonchev–Trinajstić information content (AvgIpc) is 2.93. The molecule has 1 aromatic heterocycles. The molecule has 3 N–H and O–H groups in total. The van der Waals surface area contributed by atoms with Crippen molar-refractivity contribution in [1.82, 2.24) is 20.2 Å². The van der Waals surface area contributed by atoms with Crippen LogP contribution in [-0.4, -0.2) is 45.7 Å². The number of ether oxygens (including phenoxy) is 1. The van der Waals surface area contributed by atoms with Crippen LogP contribution in [0, 0.1) is 0 Å². The van der Waals surface area contributed by atoms with Crippen molar-refractivity contribution in [2.75, 3.05) is 24.7 Å². The Morgan fingerprint density at radius 3 is 2.78 bits per heavy atom. The van der Waals surface area contributed by atoms with Gasteiger partial charge in [-0.15, -0.1) is 10.2 Å². The van der Waals surface area contributed by atoms with Crippen LogP contribution in [0.2, 0.25) is 0 Å². The molecule has 0 radical (unpaired) electrons. The zero-order valence-corrected chi connectivity index (χ0v) is 14.1. The van der Waals surface area contributed by atoms with Gasteiger partial charge in [0.15, 0.2) is 5.82 Å². The van der Waals surface area contributed by atoms with Gasteiger partial charge >= 0.3 is 5.97 Å². The van der Waals surface area contributed by atoms with E-state index in [9.17, 15) is 9.59 Å². The summed E-state index contributed by atoms with van der Waals surface area (Å²) in [7, 11) is 0. The standard InChI is InChI=1S/C14H23N5O3S/c1-2-22-12(21)8-16-11(20)9-23-14-18-17-13(19(14)15)10-6-4-3-5-7-10/h10H,2-9,15H2,1H3,(H,16,20). The van der Waals surface area contributed by atoms with E-state index in [0.717, 1.165) is 18.7 Å². The van der Waals surface area contributed by atoms with E-state index in [1.165, 1.54) is 35.7 Å². The molecular weight excluding hydrogens is 318 g/mol. The third-order valence-corrected chi connectivity index (χ3v) is 4.67. The zero-order valence-electron chi connectivity index (χ0n) is 13.3. The lowest BCUT2D eigenvalue weighted by molar-refractivity contribution is -0.143. The SMILES string of the molecule is CCOC(=O)CNC(=O)CSc1nnc(C2CCCCC2)n1N. The van der Waals surface area contributed by atoms with E-state index in [0.29, 0.717) is 17.7 Å². The summed E-state index contributed by atoms with van der Waals surface area (Å²) in [5.74, 6) is 6.59. The summed E-state index contributed by atoms with van der Waals surface area (Å²) in [6, 6.07) is 0. The topological polar surface area (TPSA) is 112 Å². The highest BCUT2D eigenvalue weighted by molar-refractivity contribution is 7.99. The number of nitrogens with two attached hydrogens (primary N) is 1. The number of esters is 1. The van der Waals surface area contributed by atoms with Crippen LogP contribution >= 0.6 is 11.8 Å². The van der Waals surface area contributed by atoms with Gasteiger partial charge in [0.1, 0.15) is 6.54 Å². The molecule has 2 rings (SSSR count). The average molecular weight is 341 g/mol. The largest absolute Gasteiger partial charge is 0.465 e. The lowest BCUT2D eigenvalue weighted by Gasteiger charge is -2.20. The van der Waals surface area contributed by atoms with Crippen molar-refractivity contribution in [3.63, 3.8) is 0 Å². The van der Waals surface area contributed by atoms with Gasteiger partial charge in [-0.2, -0.15) is 0 Å². The first-order valence-corrected chi connectivity index (χ1v) is 8.86. The minimum Gasteiger partial charge on any atom is -0.465 e. The number of thioether (sulfide) groups is 1. The summed E-state index contributed by atoms with van der Waals surface area (Å²) >= 11 is 1.21. The highest BCUT2D eigenvalue weighted by atomic mass is 32.2. The number of hydrogen-bond donors (Lipinski definition) is 2. The summed E-state index contributed by atoms with van der Waals surface area (Å²) in [6.45, 7) is 1.88. The maximum absolute atomic E-state index is 11.7. The molecule has 0 spiro atoms. The molecule has 1 fully saturated rings. The van der Waals surface area contributed by atoms with Crippen LogP contribution < -0.4 is 11.2 Å². The molecule has 128 valence electrons. The lowest BCUT2D eigenvalue weighted by Crippen LogP contribution is -2.32. The lowest BCUT2D eigenvalue weighted by atomic mass is 9.89. The molecule has 8 nitrogen and oxygen atoms in total. The Morgan fingerprint density at radius 1 is 1.35 bits per heavy atom. The fraction of sp³-hybridized carbons (Fsp3) is 0.714. The molecule has 1 aliphatic rings. The highest BCUT2D eigenvalue weighted by Gasteiger charge is 2.22. The summed E-state index contributed by atoms with van der Waals surface area (Å²) in [6.07, 6.45) is 5.81. The van der Waals surface area contributed by atoms with Crippen molar-refractivity contribution in [2.24, 2.45) is 0 Å². The predicted molar refractivity (Wildman–Crippen MR) is 86.4 cm³/mol. The Bertz CT molecular complexity index is 543. The van der Waals surface area contributed by atoms with Gasteiger partial charge in [-0.25, -0.2) is 4.68 Å². The van der Waals surface area contributed by atoms with Gasteiger partial charge in [0, 0.05) is 5.92 Å². The van der Waals surface area contributed by atoms with Crippen LogP contribution in [0.25, 0.3) is 0 Å². The van der Waals surface area contributed by atoms with E-state index in [2.05, 4.69) is 15.5 Å². The van der Waals surface area contributed by atoms with Gasteiger partial charge in [0.25, 0.3) is 0 Å². The molecule has 0 aliphatic heterocycles. The zero-order chi connectivity index (χ0) is 16.7. The van der Waals surface area contributed by atoms with Gasteiger partial charge in [0.05, 0.1) is 12.4 Å². The number of nitrogens with one attached hydrogen (secondary N) is 1. The van der Waals surface area contributed by atoms with Crippen molar-refractivity contribution in [2.45, 2.75) is 50.1 Å². The van der Waals surface area contributed by atoms with Crippen LogP contribution in [0.15, 0.2) is 5.16 Å². The Morgan fingerprint density at radius 2 is 2.09 bits per heavy atom. The van der Waals surface area contributed by atoms with Crippen LogP contribution in [0.3, 0.4) is 0 Å². The molecule has 1 aromatic rings. The monoisotopic (exact) mass is 341 g/mol. The molecule has 9 heteroatoms. The summed E-state index contributed by atoms with van der Waals surface area (Å²) in [4.78, 5) is 22.9. The molecule has 1 heterocycles. The van der Waals surface area contributed by atoms with Crippen molar-refractivity contribution < 1.29 is 14.3 Å². The van der Waals surface area contributed by atoms with Crippen molar-refractivity contribution in [1.29, 1.82) is 0 Å². The third-order valence-electron chi connectivity index (χ3n) is 3.73. The second kappa shape index (κ2) is 8.76. The Hall–Kier alpha value is -1.77. The predicted octanol–water partition coefficient (Wildman–Crippen LogP) is 0.811. The molecular formula is C14H23N5O3S.